The zero-order valence-corrected chi connectivity index (χ0v) is 5.85. The lowest BCUT2D eigenvalue weighted by Crippen LogP contribution is -2.28. The lowest BCUT2D eigenvalue weighted by Gasteiger charge is -2.20. The number of halogens is 1. The first-order valence-corrected chi connectivity index (χ1v) is 3.94. The highest BCUT2D eigenvalue weighted by molar-refractivity contribution is 5.84. The van der Waals surface area contributed by atoms with Gasteiger partial charge in [-0.25, -0.2) is 4.39 Å². The van der Waals surface area contributed by atoms with Gasteiger partial charge in [0.1, 0.15) is 0 Å². The monoisotopic (exact) mass is 142 g/mol. The minimum atomic E-state index is -1.11. The predicted octanol–water partition coefficient (Wildman–Crippen LogP) is 1.71. The van der Waals surface area contributed by atoms with Crippen molar-refractivity contribution in [2.24, 2.45) is 11.8 Å². The second-order valence-electron chi connectivity index (χ2n) is 3.51. The van der Waals surface area contributed by atoms with Crippen LogP contribution in [0, 0.1) is 11.8 Å². The van der Waals surface area contributed by atoms with Crippen LogP contribution in [-0.4, -0.2) is 12.0 Å². The first-order valence-electron chi connectivity index (χ1n) is 3.94. The molecule has 3 atom stereocenters. The van der Waals surface area contributed by atoms with Gasteiger partial charge < -0.3 is 0 Å². The number of hydrogen-bond acceptors (Lipinski definition) is 1. The van der Waals surface area contributed by atoms with E-state index >= 15 is 0 Å². The Morgan fingerprint density at radius 2 is 2.20 bits per heavy atom. The van der Waals surface area contributed by atoms with Gasteiger partial charge in [-0.05, 0) is 31.1 Å². The van der Waals surface area contributed by atoms with Crippen LogP contribution < -0.4 is 0 Å². The Morgan fingerprint density at radius 3 is 3.00 bits per heavy atom. The third-order valence-corrected chi connectivity index (χ3v) is 2.79. The number of carbonyl (C=O) groups is 1. The number of rotatable bonds is 0. The van der Waals surface area contributed by atoms with Crippen LogP contribution in [0.3, 0.4) is 0 Å². The number of ketones is 1. The Hall–Kier alpha value is -0.400. The van der Waals surface area contributed by atoms with E-state index in [-0.39, 0.29) is 11.7 Å². The summed E-state index contributed by atoms with van der Waals surface area (Å²) < 4.78 is 12.9. The molecule has 0 aromatic heterocycles. The molecule has 2 rings (SSSR count). The molecule has 0 aromatic rings. The standard InChI is InChI=1S/C8H11FO/c9-8-6-2-1-5(3-6)4-7(8)10/h5-6,8H,1-4H2/t5-,6+,8-/m1/s1. The van der Waals surface area contributed by atoms with E-state index in [0.717, 1.165) is 19.3 Å². The molecule has 0 spiro atoms. The average molecular weight is 142 g/mol. The van der Waals surface area contributed by atoms with Gasteiger partial charge in [0.2, 0.25) is 0 Å². The van der Waals surface area contributed by atoms with E-state index in [9.17, 15) is 9.18 Å². The predicted molar refractivity (Wildman–Crippen MR) is 35.4 cm³/mol. The van der Waals surface area contributed by atoms with Crippen LogP contribution in [-0.2, 0) is 4.79 Å². The molecule has 56 valence electrons. The minimum absolute atomic E-state index is 0.0891. The molecule has 2 aliphatic rings. The van der Waals surface area contributed by atoms with Crippen molar-refractivity contribution in [2.45, 2.75) is 31.9 Å². The maximum absolute atomic E-state index is 12.9. The van der Waals surface area contributed by atoms with Crippen molar-refractivity contribution in [1.82, 2.24) is 0 Å². The molecule has 0 aromatic carbocycles. The molecule has 0 unspecified atom stereocenters. The molecule has 0 saturated heterocycles. The number of carbonyl (C=O) groups excluding carboxylic acids is 1. The summed E-state index contributed by atoms with van der Waals surface area (Å²) in [6.07, 6.45) is 2.39. The maximum Gasteiger partial charge on any atom is 0.167 e. The van der Waals surface area contributed by atoms with E-state index in [2.05, 4.69) is 0 Å². The molecule has 1 nitrogen and oxygen atoms in total. The van der Waals surface area contributed by atoms with Gasteiger partial charge in [0.25, 0.3) is 0 Å². The van der Waals surface area contributed by atoms with Gasteiger partial charge in [-0.1, -0.05) is 0 Å². The molecule has 2 aliphatic carbocycles. The van der Waals surface area contributed by atoms with E-state index in [0.29, 0.717) is 12.3 Å². The van der Waals surface area contributed by atoms with E-state index < -0.39 is 6.17 Å². The van der Waals surface area contributed by atoms with Gasteiger partial charge in [0.15, 0.2) is 12.0 Å². The molecular formula is C8H11FO. The average Bonchev–Trinajstić information content (AvgIpc) is 2.29. The van der Waals surface area contributed by atoms with Crippen molar-refractivity contribution >= 4 is 5.78 Å². The van der Waals surface area contributed by atoms with Crippen LogP contribution >= 0.6 is 0 Å². The quantitative estimate of drug-likeness (QED) is 0.503. The molecule has 0 N–H and O–H groups in total. The van der Waals surface area contributed by atoms with Crippen LogP contribution in [0.15, 0.2) is 0 Å². The molecular weight excluding hydrogens is 131 g/mol. The smallest absolute Gasteiger partial charge is 0.167 e. The summed E-state index contributed by atoms with van der Waals surface area (Å²) in [7, 11) is 0. The maximum atomic E-state index is 12.9. The summed E-state index contributed by atoms with van der Waals surface area (Å²) >= 11 is 0. The van der Waals surface area contributed by atoms with Crippen LogP contribution in [0.2, 0.25) is 0 Å². The van der Waals surface area contributed by atoms with Gasteiger partial charge in [-0.2, -0.15) is 0 Å². The summed E-state index contributed by atoms with van der Waals surface area (Å²) in [6, 6.07) is 0. The molecule has 0 aliphatic heterocycles. The Kier molecular flexibility index (Phi) is 1.29. The van der Waals surface area contributed by atoms with Crippen molar-refractivity contribution in [1.29, 1.82) is 0 Å². The fourth-order valence-electron chi connectivity index (χ4n) is 2.22. The van der Waals surface area contributed by atoms with Crippen LogP contribution in [0.1, 0.15) is 25.7 Å². The highest BCUT2D eigenvalue weighted by Gasteiger charge is 2.40. The van der Waals surface area contributed by atoms with Gasteiger partial charge in [-0.15, -0.1) is 0 Å². The fourth-order valence-corrected chi connectivity index (χ4v) is 2.22. The van der Waals surface area contributed by atoms with Gasteiger partial charge in [-0.3, -0.25) is 4.79 Å². The molecule has 0 amide bonds. The summed E-state index contributed by atoms with van der Waals surface area (Å²) in [4.78, 5) is 10.9. The fraction of sp³-hybridized carbons (Fsp3) is 0.875. The highest BCUT2D eigenvalue weighted by Crippen LogP contribution is 2.41. The molecule has 2 bridgehead atoms. The number of Topliss-reactive ketones (excluding diaryl/α,β-unsaturated/α-hetero) is 1. The van der Waals surface area contributed by atoms with Gasteiger partial charge in [0, 0.05) is 6.42 Å². The zero-order chi connectivity index (χ0) is 7.14. The topological polar surface area (TPSA) is 17.1 Å². The third-order valence-electron chi connectivity index (χ3n) is 2.79. The number of fused-ring (bicyclic) bond motifs is 2. The lowest BCUT2D eigenvalue weighted by atomic mass is 9.87. The van der Waals surface area contributed by atoms with E-state index in [1.165, 1.54) is 0 Å². The minimum Gasteiger partial charge on any atom is -0.296 e. The molecule has 2 saturated carbocycles. The van der Waals surface area contributed by atoms with E-state index in [4.69, 9.17) is 0 Å². The van der Waals surface area contributed by atoms with Crippen molar-refractivity contribution in [2.75, 3.05) is 0 Å². The van der Waals surface area contributed by atoms with Crippen LogP contribution in [0.4, 0.5) is 4.39 Å². The zero-order valence-electron chi connectivity index (χ0n) is 5.85. The number of alkyl halides is 1. The SMILES string of the molecule is O=C1C[C@@H]2CC[C@@H](C2)[C@H]1F. The lowest BCUT2D eigenvalue weighted by molar-refractivity contribution is -0.128. The Morgan fingerprint density at radius 1 is 1.40 bits per heavy atom. The van der Waals surface area contributed by atoms with Crippen molar-refractivity contribution in [3.63, 3.8) is 0 Å². The van der Waals surface area contributed by atoms with Crippen molar-refractivity contribution in [3.05, 3.63) is 0 Å². The Bertz CT molecular complexity index is 167. The second-order valence-corrected chi connectivity index (χ2v) is 3.51. The van der Waals surface area contributed by atoms with E-state index in [1.54, 1.807) is 0 Å². The summed E-state index contributed by atoms with van der Waals surface area (Å²) in [5, 5.41) is 0. The summed E-state index contributed by atoms with van der Waals surface area (Å²) in [5.74, 6) is 0.481. The summed E-state index contributed by atoms with van der Waals surface area (Å²) in [5.41, 5.74) is 0. The Labute approximate surface area is 59.6 Å². The molecule has 0 heterocycles. The molecule has 2 fully saturated rings. The van der Waals surface area contributed by atoms with Gasteiger partial charge in [0.05, 0.1) is 0 Å². The molecule has 0 radical (unpaired) electrons. The molecule has 10 heavy (non-hydrogen) atoms. The van der Waals surface area contributed by atoms with Crippen LogP contribution in [0.5, 0.6) is 0 Å². The van der Waals surface area contributed by atoms with Crippen molar-refractivity contribution < 1.29 is 9.18 Å². The third kappa shape index (κ3) is 0.780. The van der Waals surface area contributed by atoms with Crippen molar-refractivity contribution in [3.8, 4) is 0 Å². The molecule has 2 heteroatoms. The first-order chi connectivity index (χ1) is 4.77. The Balaban J connectivity index is 2.17. The normalized spacial score (nSPS) is 46.1. The first kappa shape index (κ1) is 6.32. The second kappa shape index (κ2) is 2.04. The van der Waals surface area contributed by atoms with Crippen LogP contribution in [0.25, 0.3) is 0 Å². The number of hydrogen-bond donors (Lipinski definition) is 0. The highest BCUT2D eigenvalue weighted by atomic mass is 19.1. The summed E-state index contributed by atoms with van der Waals surface area (Å²) in [6.45, 7) is 0. The van der Waals surface area contributed by atoms with Gasteiger partial charge >= 0.3 is 0 Å². The largest absolute Gasteiger partial charge is 0.296 e. The van der Waals surface area contributed by atoms with E-state index in [1.807, 2.05) is 0 Å².